The van der Waals surface area contributed by atoms with E-state index in [1.807, 2.05) is 0 Å². The third-order valence-corrected chi connectivity index (χ3v) is 4.76. The number of nitrogens with zero attached hydrogens (tertiary/aromatic N) is 2. The molecule has 118 valence electrons. The molecule has 1 aliphatic rings. The SMILES string of the molecule is CCCNc1nc(CC2CCCCO2)nc(C(C)C)c1I. The predicted molar refractivity (Wildman–Crippen MR) is 94.9 cm³/mol. The summed E-state index contributed by atoms with van der Waals surface area (Å²) in [5.41, 5.74) is 1.15. The lowest BCUT2D eigenvalue weighted by Crippen LogP contribution is -2.23. The highest BCUT2D eigenvalue weighted by Crippen LogP contribution is 2.26. The Labute approximate surface area is 141 Å². The average molecular weight is 403 g/mol. The van der Waals surface area contributed by atoms with E-state index in [1.54, 1.807) is 0 Å². The Hall–Kier alpha value is -0.430. The first-order valence-corrected chi connectivity index (χ1v) is 9.11. The van der Waals surface area contributed by atoms with Crippen LogP contribution in [0.2, 0.25) is 0 Å². The minimum atomic E-state index is 0.290. The Balaban J connectivity index is 2.20. The van der Waals surface area contributed by atoms with Gasteiger partial charge in [0, 0.05) is 19.6 Å². The topological polar surface area (TPSA) is 47.0 Å². The van der Waals surface area contributed by atoms with Crippen LogP contribution in [0.1, 0.15) is 63.9 Å². The first kappa shape index (κ1) is 16.9. The number of rotatable bonds is 6. The van der Waals surface area contributed by atoms with Crippen LogP contribution >= 0.6 is 22.6 Å². The van der Waals surface area contributed by atoms with Gasteiger partial charge in [-0.05, 0) is 54.2 Å². The van der Waals surface area contributed by atoms with E-state index >= 15 is 0 Å². The fourth-order valence-corrected chi connectivity index (χ4v) is 3.57. The van der Waals surface area contributed by atoms with Crippen LogP contribution in [0.4, 0.5) is 5.82 Å². The van der Waals surface area contributed by atoms with Crippen molar-refractivity contribution in [3.63, 3.8) is 0 Å². The van der Waals surface area contributed by atoms with Crippen LogP contribution in [0.5, 0.6) is 0 Å². The van der Waals surface area contributed by atoms with Gasteiger partial charge in [-0.25, -0.2) is 9.97 Å². The Morgan fingerprint density at radius 1 is 1.33 bits per heavy atom. The van der Waals surface area contributed by atoms with Crippen LogP contribution < -0.4 is 5.32 Å². The van der Waals surface area contributed by atoms with Crippen molar-refractivity contribution in [3.05, 3.63) is 15.1 Å². The molecule has 2 heterocycles. The standard InChI is InChI=1S/C16H26IN3O/c1-4-8-18-16-14(17)15(11(2)3)19-13(20-16)10-12-7-5-6-9-21-12/h11-12H,4-10H2,1-3H3,(H,18,19,20). The molecule has 5 heteroatoms. The molecule has 1 fully saturated rings. The Kier molecular flexibility index (Phi) is 6.67. The molecule has 2 rings (SSSR count). The van der Waals surface area contributed by atoms with E-state index in [1.165, 1.54) is 12.8 Å². The van der Waals surface area contributed by atoms with E-state index in [2.05, 4.69) is 48.7 Å². The number of ether oxygens (including phenoxy) is 1. The largest absolute Gasteiger partial charge is 0.378 e. The summed E-state index contributed by atoms with van der Waals surface area (Å²) in [5, 5.41) is 3.44. The summed E-state index contributed by atoms with van der Waals surface area (Å²) in [6.45, 7) is 8.38. The third kappa shape index (κ3) is 4.77. The Morgan fingerprint density at radius 3 is 2.76 bits per heavy atom. The molecule has 0 aromatic carbocycles. The van der Waals surface area contributed by atoms with Crippen molar-refractivity contribution in [3.8, 4) is 0 Å². The van der Waals surface area contributed by atoms with Gasteiger partial charge in [-0.2, -0.15) is 0 Å². The molecule has 0 aliphatic carbocycles. The van der Waals surface area contributed by atoms with Gasteiger partial charge in [0.25, 0.3) is 0 Å². The summed E-state index contributed by atoms with van der Waals surface area (Å²) in [4.78, 5) is 9.53. The van der Waals surface area contributed by atoms with Gasteiger partial charge in [-0.15, -0.1) is 0 Å². The summed E-state index contributed by atoms with van der Waals surface area (Å²) in [6, 6.07) is 0. The minimum absolute atomic E-state index is 0.290. The minimum Gasteiger partial charge on any atom is -0.378 e. The van der Waals surface area contributed by atoms with Crippen molar-refractivity contribution in [1.29, 1.82) is 0 Å². The van der Waals surface area contributed by atoms with E-state index in [4.69, 9.17) is 14.7 Å². The Morgan fingerprint density at radius 2 is 2.14 bits per heavy atom. The first-order valence-electron chi connectivity index (χ1n) is 8.03. The molecule has 1 atom stereocenters. The van der Waals surface area contributed by atoms with Crippen LogP contribution in [0.3, 0.4) is 0 Å². The maximum atomic E-state index is 5.83. The summed E-state index contributed by atoms with van der Waals surface area (Å²) in [5.74, 6) is 2.32. The fraction of sp³-hybridized carbons (Fsp3) is 0.750. The van der Waals surface area contributed by atoms with Gasteiger partial charge >= 0.3 is 0 Å². The van der Waals surface area contributed by atoms with Crippen LogP contribution in [0.15, 0.2) is 0 Å². The zero-order valence-corrected chi connectivity index (χ0v) is 15.4. The van der Waals surface area contributed by atoms with Gasteiger partial charge in [0.1, 0.15) is 11.6 Å². The number of hydrogen-bond acceptors (Lipinski definition) is 4. The molecule has 0 bridgehead atoms. The first-order chi connectivity index (χ1) is 10.1. The molecule has 1 aromatic rings. The van der Waals surface area contributed by atoms with Gasteiger partial charge < -0.3 is 10.1 Å². The summed E-state index contributed by atoms with van der Waals surface area (Å²) >= 11 is 2.36. The molecular weight excluding hydrogens is 377 g/mol. The predicted octanol–water partition coefficient (Wildman–Crippen LogP) is 4.14. The van der Waals surface area contributed by atoms with Crippen molar-refractivity contribution >= 4 is 28.4 Å². The van der Waals surface area contributed by atoms with Gasteiger partial charge in [0.15, 0.2) is 0 Å². The smallest absolute Gasteiger partial charge is 0.143 e. The highest BCUT2D eigenvalue weighted by molar-refractivity contribution is 14.1. The molecule has 0 radical (unpaired) electrons. The van der Waals surface area contributed by atoms with Crippen LogP contribution in [0.25, 0.3) is 0 Å². The number of hydrogen-bond donors (Lipinski definition) is 1. The van der Waals surface area contributed by atoms with Gasteiger partial charge in [0.2, 0.25) is 0 Å². The van der Waals surface area contributed by atoms with Crippen molar-refractivity contribution in [2.75, 3.05) is 18.5 Å². The third-order valence-electron chi connectivity index (χ3n) is 3.70. The van der Waals surface area contributed by atoms with Crippen molar-refractivity contribution in [2.45, 2.75) is 64.9 Å². The number of anilines is 1. The quantitative estimate of drug-likeness (QED) is 0.726. The van der Waals surface area contributed by atoms with Gasteiger partial charge in [-0.3, -0.25) is 0 Å². The van der Waals surface area contributed by atoms with Crippen molar-refractivity contribution < 1.29 is 4.74 Å². The summed E-state index contributed by atoms with van der Waals surface area (Å²) in [6.07, 6.45) is 5.79. The summed E-state index contributed by atoms with van der Waals surface area (Å²) < 4.78 is 6.99. The highest BCUT2D eigenvalue weighted by atomic mass is 127. The van der Waals surface area contributed by atoms with Crippen LogP contribution in [-0.2, 0) is 11.2 Å². The second kappa shape index (κ2) is 8.27. The van der Waals surface area contributed by atoms with Crippen LogP contribution in [0, 0.1) is 3.57 Å². The lowest BCUT2D eigenvalue weighted by atomic mass is 10.1. The lowest BCUT2D eigenvalue weighted by Gasteiger charge is -2.23. The van der Waals surface area contributed by atoms with Crippen molar-refractivity contribution in [2.24, 2.45) is 0 Å². The van der Waals surface area contributed by atoms with E-state index in [0.29, 0.717) is 5.92 Å². The van der Waals surface area contributed by atoms with E-state index < -0.39 is 0 Å². The molecule has 1 N–H and O–H groups in total. The van der Waals surface area contributed by atoms with Gasteiger partial charge in [0.05, 0.1) is 15.4 Å². The molecule has 0 amide bonds. The highest BCUT2D eigenvalue weighted by Gasteiger charge is 2.19. The van der Waals surface area contributed by atoms with E-state index in [0.717, 1.165) is 53.3 Å². The molecule has 1 saturated heterocycles. The summed E-state index contributed by atoms with van der Waals surface area (Å²) in [7, 11) is 0. The molecule has 0 saturated carbocycles. The zero-order chi connectivity index (χ0) is 15.2. The number of aromatic nitrogens is 2. The molecule has 21 heavy (non-hydrogen) atoms. The average Bonchev–Trinajstić information content (AvgIpc) is 2.48. The number of nitrogens with one attached hydrogen (secondary N) is 1. The normalized spacial score (nSPS) is 19.0. The van der Waals surface area contributed by atoms with E-state index in [9.17, 15) is 0 Å². The van der Waals surface area contributed by atoms with Gasteiger partial charge in [-0.1, -0.05) is 20.8 Å². The molecule has 1 aliphatic heterocycles. The van der Waals surface area contributed by atoms with Crippen molar-refractivity contribution in [1.82, 2.24) is 9.97 Å². The molecule has 1 unspecified atom stereocenters. The van der Waals surface area contributed by atoms with Crippen LogP contribution in [-0.4, -0.2) is 29.2 Å². The lowest BCUT2D eigenvalue weighted by molar-refractivity contribution is 0.0156. The fourth-order valence-electron chi connectivity index (χ4n) is 2.52. The second-order valence-corrected chi connectivity index (χ2v) is 7.04. The monoisotopic (exact) mass is 403 g/mol. The maximum absolute atomic E-state index is 5.83. The molecule has 4 nitrogen and oxygen atoms in total. The Bertz CT molecular complexity index is 459. The number of halogens is 1. The molecular formula is C16H26IN3O. The maximum Gasteiger partial charge on any atom is 0.143 e. The van der Waals surface area contributed by atoms with E-state index in [-0.39, 0.29) is 6.10 Å². The zero-order valence-electron chi connectivity index (χ0n) is 13.3. The second-order valence-electron chi connectivity index (χ2n) is 5.96. The molecule has 0 spiro atoms. The molecule has 1 aromatic heterocycles.